The van der Waals surface area contributed by atoms with E-state index in [0.717, 1.165) is 12.5 Å². The lowest BCUT2D eigenvalue weighted by Crippen LogP contribution is -2.26. The van der Waals surface area contributed by atoms with Crippen molar-refractivity contribution in [1.82, 2.24) is 0 Å². The third-order valence-electron chi connectivity index (χ3n) is 1.45. The Bertz CT molecular complexity index is 444. The summed E-state index contributed by atoms with van der Waals surface area (Å²) in [6.45, 7) is 0. The highest BCUT2D eigenvalue weighted by Gasteiger charge is 2.06. The van der Waals surface area contributed by atoms with Gasteiger partial charge in [0.25, 0.3) is 0 Å². The van der Waals surface area contributed by atoms with Crippen LogP contribution >= 0.6 is 54.5 Å². The minimum absolute atomic E-state index is 0.00241. The van der Waals surface area contributed by atoms with Crippen LogP contribution in [0.1, 0.15) is 0 Å². The summed E-state index contributed by atoms with van der Waals surface area (Å²) in [7, 11) is 0. The lowest BCUT2D eigenvalue weighted by Gasteiger charge is -2.03. The molecular weight excluding hydrogens is 453 g/mol. The van der Waals surface area contributed by atoms with Crippen molar-refractivity contribution in [3.8, 4) is 0 Å². The SMILES string of the molecule is NC(N)=NC(N)=Nc1c(Br)cc(I)cc1Br. The van der Waals surface area contributed by atoms with Crippen LogP contribution in [-0.4, -0.2) is 11.9 Å². The number of nitrogens with zero attached hydrogens (tertiary/aromatic N) is 2. The van der Waals surface area contributed by atoms with Gasteiger partial charge in [-0.15, -0.1) is 0 Å². The summed E-state index contributed by atoms with van der Waals surface area (Å²) in [6, 6.07) is 3.82. The summed E-state index contributed by atoms with van der Waals surface area (Å²) < 4.78 is 2.68. The van der Waals surface area contributed by atoms with Crippen LogP contribution in [0.2, 0.25) is 0 Å². The van der Waals surface area contributed by atoms with E-state index < -0.39 is 0 Å². The molecule has 0 aliphatic rings. The van der Waals surface area contributed by atoms with Gasteiger partial charge in [0.1, 0.15) is 0 Å². The van der Waals surface area contributed by atoms with Crippen molar-refractivity contribution in [2.45, 2.75) is 0 Å². The van der Waals surface area contributed by atoms with Crippen LogP contribution in [0.25, 0.3) is 0 Å². The fourth-order valence-electron chi connectivity index (χ4n) is 0.913. The normalized spacial score (nSPS) is 11.3. The van der Waals surface area contributed by atoms with E-state index in [1.165, 1.54) is 0 Å². The fraction of sp³-hybridized carbons (Fsp3) is 0. The van der Waals surface area contributed by atoms with Crippen molar-refractivity contribution in [3.63, 3.8) is 0 Å². The molecule has 16 heavy (non-hydrogen) atoms. The van der Waals surface area contributed by atoms with E-state index in [9.17, 15) is 0 Å². The van der Waals surface area contributed by atoms with Crippen LogP contribution in [0.5, 0.6) is 0 Å². The number of halogens is 3. The van der Waals surface area contributed by atoms with Crippen LogP contribution in [-0.2, 0) is 0 Å². The molecule has 0 aliphatic heterocycles. The lowest BCUT2D eigenvalue weighted by atomic mass is 10.3. The molecule has 1 rings (SSSR count). The molecule has 8 heteroatoms. The zero-order valence-electron chi connectivity index (χ0n) is 7.92. The first-order valence-electron chi connectivity index (χ1n) is 3.98. The molecular formula is C8H8Br2IN5. The number of aliphatic imine (C=N–C) groups is 2. The molecule has 1 aromatic rings. The Hall–Kier alpha value is -0.350. The van der Waals surface area contributed by atoms with E-state index in [1.54, 1.807) is 0 Å². The third kappa shape index (κ3) is 3.91. The van der Waals surface area contributed by atoms with E-state index in [-0.39, 0.29) is 11.9 Å². The van der Waals surface area contributed by atoms with Crippen LogP contribution in [0.15, 0.2) is 31.1 Å². The summed E-state index contributed by atoms with van der Waals surface area (Å²) in [4.78, 5) is 7.72. The molecule has 86 valence electrons. The molecule has 1 aromatic carbocycles. The van der Waals surface area contributed by atoms with Crippen LogP contribution in [0.4, 0.5) is 5.69 Å². The average molecular weight is 461 g/mol. The Morgan fingerprint density at radius 2 is 1.62 bits per heavy atom. The van der Waals surface area contributed by atoms with Crippen LogP contribution in [0, 0.1) is 3.57 Å². The first-order valence-corrected chi connectivity index (χ1v) is 6.65. The van der Waals surface area contributed by atoms with Crippen molar-refractivity contribution in [2.24, 2.45) is 27.2 Å². The third-order valence-corrected chi connectivity index (χ3v) is 3.28. The van der Waals surface area contributed by atoms with Gasteiger partial charge >= 0.3 is 0 Å². The van der Waals surface area contributed by atoms with Gasteiger partial charge in [-0.2, -0.15) is 4.99 Å². The number of nitrogens with two attached hydrogens (primary N) is 3. The molecule has 0 spiro atoms. The zero-order chi connectivity index (χ0) is 12.3. The van der Waals surface area contributed by atoms with Gasteiger partial charge in [-0.25, -0.2) is 4.99 Å². The molecule has 0 unspecified atom stereocenters. The molecule has 0 saturated carbocycles. The van der Waals surface area contributed by atoms with E-state index in [1.807, 2.05) is 12.1 Å². The van der Waals surface area contributed by atoms with Gasteiger partial charge in [-0.1, -0.05) is 0 Å². The monoisotopic (exact) mass is 459 g/mol. The Kier molecular flexibility index (Phi) is 4.99. The maximum Gasteiger partial charge on any atom is 0.223 e. The predicted octanol–water partition coefficient (Wildman–Crippen LogP) is 2.04. The minimum atomic E-state index is -0.126. The second-order valence-corrected chi connectivity index (χ2v) is 5.68. The highest BCUT2D eigenvalue weighted by molar-refractivity contribution is 14.1. The molecule has 0 aromatic heterocycles. The van der Waals surface area contributed by atoms with Crippen molar-refractivity contribution in [1.29, 1.82) is 0 Å². The van der Waals surface area contributed by atoms with Crippen LogP contribution < -0.4 is 17.2 Å². The van der Waals surface area contributed by atoms with Crippen molar-refractivity contribution >= 4 is 72.1 Å². The van der Waals surface area contributed by atoms with Gasteiger partial charge < -0.3 is 17.2 Å². The van der Waals surface area contributed by atoms with Gasteiger partial charge in [0.15, 0.2) is 5.96 Å². The van der Waals surface area contributed by atoms with Gasteiger partial charge in [0.05, 0.1) is 5.69 Å². The molecule has 0 atom stereocenters. The van der Waals surface area contributed by atoms with Gasteiger partial charge in [0, 0.05) is 12.5 Å². The molecule has 6 N–H and O–H groups in total. The molecule has 0 saturated heterocycles. The second-order valence-electron chi connectivity index (χ2n) is 2.72. The molecule has 0 heterocycles. The van der Waals surface area contributed by atoms with Gasteiger partial charge in [-0.3, -0.25) is 0 Å². The predicted molar refractivity (Wildman–Crippen MR) is 81.7 cm³/mol. The maximum atomic E-state index is 5.54. The van der Waals surface area contributed by atoms with Crippen molar-refractivity contribution in [2.75, 3.05) is 0 Å². The number of hydrogen-bond donors (Lipinski definition) is 3. The first-order chi connectivity index (χ1) is 7.40. The summed E-state index contributed by atoms with van der Waals surface area (Å²) in [5, 5.41) is 0. The fourth-order valence-corrected chi connectivity index (χ4v) is 3.76. The van der Waals surface area contributed by atoms with Crippen molar-refractivity contribution in [3.05, 3.63) is 24.6 Å². The van der Waals surface area contributed by atoms with Crippen molar-refractivity contribution < 1.29 is 0 Å². The topological polar surface area (TPSA) is 103 Å². The minimum Gasteiger partial charge on any atom is -0.370 e. The second kappa shape index (κ2) is 5.82. The Morgan fingerprint density at radius 1 is 1.12 bits per heavy atom. The zero-order valence-corrected chi connectivity index (χ0v) is 13.2. The highest BCUT2D eigenvalue weighted by Crippen LogP contribution is 2.35. The first kappa shape index (κ1) is 13.7. The summed E-state index contributed by atoms with van der Waals surface area (Å²) in [6.07, 6.45) is 0. The maximum absolute atomic E-state index is 5.54. The smallest absolute Gasteiger partial charge is 0.223 e. The Balaban J connectivity index is 3.20. The summed E-state index contributed by atoms with van der Waals surface area (Å²) in [5.41, 5.74) is 16.6. The van der Waals surface area contributed by atoms with Crippen LogP contribution in [0.3, 0.4) is 0 Å². The summed E-state index contributed by atoms with van der Waals surface area (Å²) >= 11 is 8.96. The molecule has 0 amide bonds. The van der Waals surface area contributed by atoms with E-state index >= 15 is 0 Å². The van der Waals surface area contributed by atoms with Gasteiger partial charge in [0.2, 0.25) is 5.96 Å². The Morgan fingerprint density at radius 3 is 2.06 bits per heavy atom. The number of benzene rings is 1. The Labute approximate surface area is 123 Å². The number of rotatable bonds is 1. The molecule has 0 fully saturated rings. The quantitative estimate of drug-likeness (QED) is 0.339. The number of guanidine groups is 2. The lowest BCUT2D eigenvalue weighted by molar-refractivity contribution is 1.36. The molecule has 0 radical (unpaired) electrons. The largest absolute Gasteiger partial charge is 0.370 e. The molecule has 0 bridgehead atoms. The molecule has 5 nitrogen and oxygen atoms in total. The summed E-state index contributed by atoms with van der Waals surface area (Å²) in [5.74, 6) is -0.124. The molecule has 0 aliphatic carbocycles. The average Bonchev–Trinajstić information content (AvgIpc) is 2.09. The highest BCUT2D eigenvalue weighted by atomic mass is 127. The number of hydrogen-bond acceptors (Lipinski definition) is 1. The standard InChI is InChI=1S/C8H8Br2IN5/c9-4-1-3(11)2-5(10)6(4)15-8(14)16-7(12)13/h1-2H,(H6,12,13,14,15,16). The van der Waals surface area contributed by atoms with E-state index in [4.69, 9.17) is 17.2 Å². The van der Waals surface area contributed by atoms with E-state index in [0.29, 0.717) is 5.69 Å². The van der Waals surface area contributed by atoms with Gasteiger partial charge in [-0.05, 0) is 66.6 Å². The van der Waals surface area contributed by atoms with E-state index in [2.05, 4.69) is 64.4 Å².